The highest BCUT2D eigenvalue weighted by atomic mass is 16.5. The van der Waals surface area contributed by atoms with Crippen molar-refractivity contribution in [2.45, 2.75) is 19.5 Å². The van der Waals surface area contributed by atoms with Crippen molar-refractivity contribution in [3.8, 4) is 5.75 Å². The van der Waals surface area contributed by atoms with Crippen molar-refractivity contribution in [2.24, 2.45) is 0 Å². The van der Waals surface area contributed by atoms with Crippen LogP contribution in [0.5, 0.6) is 5.75 Å². The second kappa shape index (κ2) is 9.66. The molecule has 0 aliphatic carbocycles. The first-order valence-corrected chi connectivity index (χ1v) is 10.7. The number of carbonyl (C=O) groups excluding carboxylic acids is 3. The molecule has 0 saturated carbocycles. The van der Waals surface area contributed by atoms with Gasteiger partial charge in [0.2, 0.25) is 0 Å². The fraction of sp³-hybridized carbons (Fsp3) is 0.192. The largest absolute Gasteiger partial charge is 0.507 e. The summed E-state index contributed by atoms with van der Waals surface area (Å²) in [5.41, 5.74) is 1.15. The number of ketones is 1. The summed E-state index contributed by atoms with van der Waals surface area (Å²) in [6.45, 7) is 2.30. The molecule has 4 rings (SSSR count). The van der Waals surface area contributed by atoms with Gasteiger partial charge in [-0.2, -0.15) is 0 Å². The van der Waals surface area contributed by atoms with E-state index in [0.717, 1.165) is 0 Å². The SMILES string of the molecule is CCOc1cccc(/C(O)=C2\C(=O)C(=O)N(Cc3ccco3)C2c2ccc(C(=O)OC)cc2)c1. The number of hydrogen-bond donors (Lipinski definition) is 1. The van der Waals surface area contributed by atoms with Crippen LogP contribution in [0.2, 0.25) is 0 Å². The molecule has 8 nitrogen and oxygen atoms in total. The fourth-order valence-corrected chi connectivity index (χ4v) is 3.93. The van der Waals surface area contributed by atoms with Gasteiger partial charge in [-0.1, -0.05) is 24.3 Å². The predicted molar refractivity (Wildman–Crippen MR) is 122 cm³/mol. The van der Waals surface area contributed by atoms with Gasteiger partial charge in [-0.25, -0.2) is 4.79 Å². The van der Waals surface area contributed by atoms with Crippen molar-refractivity contribution in [3.63, 3.8) is 0 Å². The Labute approximate surface area is 196 Å². The standard InChI is InChI=1S/C26H23NO7/c1-3-33-19-7-4-6-18(14-19)23(28)21-22(16-9-11-17(12-10-16)26(31)32-2)27(25(30)24(21)29)15-20-8-5-13-34-20/h4-14,22,28H,3,15H2,1-2H3/b23-21+. The van der Waals surface area contributed by atoms with Crippen LogP contribution in [-0.2, 0) is 20.9 Å². The molecular weight excluding hydrogens is 438 g/mol. The number of esters is 1. The van der Waals surface area contributed by atoms with E-state index in [4.69, 9.17) is 13.9 Å². The van der Waals surface area contributed by atoms with Crippen LogP contribution in [0.4, 0.5) is 0 Å². The van der Waals surface area contributed by atoms with E-state index in [0.29, 0.717) is 34.8 Å². The zero-order chi connectivity index (χ0) is 24.2. The molecule has 34 heavy (non-hydrogen) atoms. The van der Waals surface area contributed by atoms with Crippen molar-refractivity contribution < 1.29 is 33.4 Å². The van der Waals surface area contributed by atoms with Crippen LogP contribution >= 0.6 is 0 Å². The third kappa shape index (κ3) is 4.30. The number of aliphatic hydroxyl groups excluding tert-OH is 1. The van der Waals surface area contributed by atoms with Crippen molar-refractivity contribution >= 4 is 23.4 Å². The molecule has 1 aromatic heterocycles. The van der Waals surface area contributed by atoms with E-state index in [1.807, 2.05) is 6.92 Å². The highest BCUT2D eigenvalue weighted by Gasteiger charge is 2.46. The number of rotatable bonds is 7. The molecule has 1 fully saturated rings. The van der Waals surface area contributed by atoms with Gasteiger partial charge in [-0.15, -0.1) is 0 Å². The van der Waals surface area contributed by atoms with Gasteiger partial charge in [0.1, 0.15) is 17.3 Å². The van der Waals surface area contributed by atoms with Crippen LogP contribution in [0.25, 0.3) is 5.76 Å². The number of aliphatic hydroxyl groups is 1. The lowest BCUT2D eigenvalue weighted by atomic mass is 9.94. The maximum atomic E-state index is 13.1. The Morgan fingerprint density at radius 3 is 2.47 bits per heavy atom. The number of benzene rings is 2. The van der Waals surface area contributed by atoms with Crippen molar-refractivity contribution in [3.05, 3.63) is 95.0 Å². The lowest BCUT2D eigenvalue weighted by Gasteiger charge is -2.24. The van der Waals surface area contributed by atoms with Gasteiger partial charge in [0.25, 0.3) is 11.7 Å². The average Bonchev–Trinajstić information content (AvgIpc) is 3.46. The van der Waals surface area contributed by atoms with Crippen molar-refractivity contribution in [2.75, 3.05) is 13.7 Å². The van der Waals surface area contributed by atoms with Gasteiger partial charge in [-0.05, 0) is 48.9 Å². The number of hydrogen-bond acceptors (Lipinski definition) is 7. The number of Topliss-reactive ketones (excluding diaryl/α,β-unsaturated/α-hetero) is 1. The van der Waals surface area contributed by atoms with E-state index in [9.17, 15) is 19.5 Å². The monoisotopic (exact) mass is 461 g/mol. The summed E-state index contributed by atoms with van der Waals surface area (Å²) in [4.78, 5) is 39.4. The Kier molecular flexibility index (Phi) is 6.49. The second-order valence-electron chi connectivity index (χ2n) is 7.58. The quantitative estimate of drug-likeness (QED) is 0.244. The van der Waals surface area contributed by atoms with Gasteiger partial charge in [-0.3, -0.25) is 9.59 Å². The topological polar surface area (TPSA) is 106 Å². The third-order valence-corrected chi connectivity index (χ3v) is 5.51. The van der Waals surface area contributed by atoms with Crippen LogP contribution in [0.1, 0.15) is 40.2 Å². The normalized spacial score (nSPS) is 17.1. The molecule has 0 bridgehead atoms. The Morgan fingerprint density at radius 1 is 1.06 bits per heavy atom. The van der Waals surface area contributed by atoms with Crippen molar-refractivity contribution in [1.82, 2.24) is 4.90 Å². The average molecular weight is 461 g/mol. The molecule has 1 amide bonds. The minimum Gasteiger partial charge on any atom is -0.507 e. The molecule has 1 aliphatic heterocycles. The highest BCUT2D eigenvalue weighted by molar-refractivity contribution is 6.46. The minimum atomic E-state index is -0.896. The Bertz CT molecular complexity index is 1240. The number of ether oxygens (including phenoxy) is 2. The Hall–Kier alpha value is -4.33. The summed E-state index contributed by atoms with van der Waals surface area (Å²) in [5.74, 6) is -1.39. The molecule has 0 radical (unpaired) electrons. The first-order chi connectivity index (χ1) is 16.4. The lowest BCUT2D eigenvalue weighted by molar-refractivity contribution is -0.140. The molecule has 8 heteroatoms. The molecule has 1 saturated heterocycles. The molecule has 1 aliphatic rings. The van der Waals surface area contributed by atoms with Gasteiger partial charge < -0.3 is 23.9 Å². The van der Waals surface area contributed by atoms with Gasteiger partial charge in [0.05, 0.1) is 43.7 Å². The molecule has 1 atom stereocenters. The van der Waals surface area contributed by atoms with E-state index < -0.39 is 23.7 Å². The van der Waals surface area contributed by atoms with E-state index >= 15 is 0 Å². The zero-order valence-corrected chi connectivity index (χ0v) is 18.7. The molecule has 3 aromatic rings. The van der Waals surface area contributed by atoms with E-state index in [2.05, 4.69) is 0 Å². The number of methoxy groups -OCH3 is 1. The Balaban J connectivity index is 1.83. The highest BCUT2D eigenvalue weighted by Crippen LogP contribution is 2.40. The number of nitrogens with zero attached hydrogens (tertiary/aromatic N) is 1. The number of likely N-dealkylation sites (tertiary alicyclic amines) is 1. The number of furan rings is 1. The van der Waals surface area contributed by atoms with E-state index in [1.165, 1.54) is 18.3 Å². The smallest absolute Gasteiger partial charge is 0.337 e. The molecule has 1 unspecified atom stereocenters. The number of amides is 1. The van der Waals surface area contributed by atoms with Crippen LogP contribution in [0.3, 0.4) is 0 Å². The molecule has 2 aromatic carbocycles. The van der Waals surface area contributed by atoms with Crippen LogP contribution < -0.4 is 4.74 Å². The molecule has 2 heterocycles. The van der Waals surface area contributed by atoms with Gasteiger partial charge in [0, 0.05) is 5.56 Å². The lowest BCUT2D eigenvalue weighted by Crippen LogP contribution is -2.29. The first kappa shape index (κ1) is 22.8. The molecular formula is C26H23NO7. The summed E-state index contributed by atoms with van der Waals surface area (Å²) in [6.07, 6.45) is 1.48. The van der Waals surface area contributed by atoms with Crippen LogP contribution in [0, 0.1) is 0 Å². The summed E-state index contributed by atoms with van der Waals surface area (Å²) in [7, 11) is 1.28. The summed E-state index contributed by atoms with van der Waals surface area (Å²) < 4.78 is 15.6. The summed E-state index contributed by atoms with van der Waals surface area (Å²) in [5, 5.41) is 11.2. The molecule has 0 spiro atoms. The van der Waals surface area contributed by atoms with Gasteiger partial charge in [0.15, 0.2) is 0 Å². The van der Waals surface area contributed by atoms with E-state index in [-0.39, 0.29) is 17.9 Å². The first-order valence-electron chi connectivity index (χ1n) is 10.7. The third-order valence-electron chi connectivity index (χ3n) is 5.51. The fourth-order valence-electron chi connectivity index (χ4n) is 3.93. The minimum absolute atomic E-state index is 0.0246. The molecule has 1 N–H and O–H groups in total. The second-order valence-corrected chi connectivity index (χ2v) is 7.58. The van der Waals surface area contributed by atoms with Crippen LogP contribution in [-0.4, -0.2) is 41.4 Å². The maximum Gasteiger partial charge on any atom is 0.337 e. The zero-order valence-electron chi connectivity index (χ0n) is 18.7. The Morgan fingerprint density at radius 2 is 1.82 bits per heavy atom. The summed E-state index contributed by atoms with van der Waals surface area (Å²) in [6, 6.07) is 15.5. The number of carbonyl (C=O) groups is 3. The van der Waals surface area contributed by atoms with Crippen LogP contribution in [0.15, 0.2) is 76.9 Å². The summed E-state index contributed by atoms with van der Waals surface area (Å²) >= 11 is 0. The maximum absolute atomic E-state index is 13.1. The van der Waals surface area contributed by atoms with Crippen molar-refractivity contribution in [1.29, 1.82) is 0 Å². The van der Waals surface area contributed by atoms with E-state index in [1.54, 1.807) is 60.7 Å². The molecule has 174 valence electrons. The van der Waals surface area contributed by atoms with Gasteiger partial charge >= 0.3 is 5.97 Å². The predicted octanol–water partition coefficient (Wildman–Crippen LogP) is 4.09.